The minimum atomic E-state index is -0.775. The molecule has 15 heavy (non-hydrogen) atoms. The zero-order valence-corrected chi connectivity index (χ0v) is 9.88. The van der Waals surface area contributed by atoms with Gasteiger partial charge in [0.15, 0.2) is 0 Å². The molecule has 0 radical (unpaired) electrons. The van der Waals surface area contributed by atoms with E-state index in [1.165, 1.54) is 11.8 Å². The highest BCUT2D eigenvalue weighted by molar-refractivity contribution is 7.99. The van der Waals surface area contributed by atoms with Crippen molar-refractivity contribution in [3.8, 4) is 0 Å². The fourth-order valence-electron chi connectivity index (χ4n) is 1.08. The van der Waals surface area contributed by atoms with Crippen molar-refractivity contribution in [2.45, 2.75) is 24.3 Å². The Balaban J connectivity index is 2.56. The summed E-state index contributed by atoms with van der Waals surface area (Å²) in [7, 11) is 0. The molecule has 1 rings (SSSR count). The van der Waals surface area contributed by atoms with Crippen LogP contribution < -0.4 is 0 Å². The van der Waals surface area contributed by atoms with Gasteiger partial charge in [0, 0.05) is 11.9 Å². The molecule has 3 nitrogen and oxygen atoms in total. The number of halogens is 1. The van der Waals surface area contributed by atoms with Gasteiger partial charge >= 0.3 is 5.97 Å². The summed E-state index contributed by atoms with van der Waals surface area (Å²) in [6.45, 7) is 1.86. The number of rotatable bonds is 5. The van der Waals surface area contributed by atoms with E-state index in [0.29, 0.717) is 17.3 Å². The Labute approximate surface area is 97.9 Å². The van der Waals surface area contributed by atoms with Crippen LogP contribution in [0.3, 0.4) is 0 Å². The van der Waals surface area contributed by atoms with E-state index in [1.807, 2.05) is 13.0 Å². The van der Waals surface area contributed by atoms with Crippen LogP contribution in [0.4, 0.5) is 0 Å². The van der Waals surface area contributed by atoms with Crippen molar-refractivity contribution in [3.63, 3.8) is 0 Å². The van der Waals surface area contributed by atoms with Gasteiger partial charge in [0.1, 0.15) is 10.4 Å². The van der Waals surface area contributed by atoms with Crippen LogP contribution >= 0.6 is 23.4 Å². The topological polar surface area (TPSA) is 50.2 Å². The van der Waals surface area contributed by atoms with Gasteiger partial charge in [-0.05, 0) is 18.1 Å². The average molecular weight is 246 g/mol. The fourth-order valence-corrected chi connectivity index (χ4v) is 2.34. The predicted octanol–water partition coefficient (Wildman–Crippen LogP) is 2.83. The van der Waals surface area contributed by atoms with Crippen LogP contribution in [0, 0.1) is 0 Å². The van der Waals surface area contributed by atoms with E-state index in [9.17, 15) is 4.79 Å². The molecule has 0 fully saturated rings. The summed E-state index contributed by atoms with van der Waals surface area (Å²) in [6, 6.07) is 3.65. The van der Waals surface area contributed by atoms with Gasteiger partial charge in [0.2, 0.25) is 0 Å². The number of carbonyl (C=O) groups is 1. The molecule has 0 spiro atoms. The molecule has 0 saturated carbocycles. The lowest BCUT2D eigenvalue weighted by molar-refractivity contribution is -0.136. The third-order valence-corrected chi connectivity index (χ3v) is 3.68. The Morgan fingerprint density at radius 3 is 3.00 bits per heavy atom. The molecule has 1 aromatic heterocycles. The number of carboxylic acid groups (broad SMARTS) is 1. The first-order valence-electron chi connectivity index (χ1n) is 4.59. The lowest BCUT2D eigenvalue weighted by Crippen LogP contribution is -2.15. The summed E-state index contributed by atoms with van der Waals surface area (Å²) >= 11 is 7.23. The van der Waals surface area contributed by atoms with Crippen LogP contribution in [0.1, 0.15) is 18.9 Å². The standard InChI is InChI=1S/C10H12ClNO2S/c1-2-8(10(13)14)15-6-7-4-3-5-12-9(7)11/h3-5,8H,2,6H2,1H3,(H,13,14). The van der Waals surface area contributed by atoms with Crippen molar-refractivity contribution in [3.05, 3.63) is 29.0 Å². The molecule has 5 heteroatoms. The maximum Gasteiger partial charge on any atom is 0.316 e. The number of hydrogen-bond donors (Lipinski definition) is 1. The Kier molecular flexibility index (Phi) is 4.91. The Hall–Kier alpha value is -0.740. The second kappa shape index (κ2) is 5.98. The fraction of sp³-hybridized carbons (Fsp3) is 0.400. The molecule has 0 aliphatic carbocycles. The highest BCUT2D eigenvalue weighted by Gasteiger charge is 2.15. The van der Waals surface area contributed by atoms with Gasteiger partial charge in [-0.2, -0.15) is 0 Å². The molecule has 1 N–H and O–H groups in total. The summed E-state index contributed by atoms with van der Waals surface area (Å²) < 4.78 is 0. The Morgan fingerprint density at radius 2 is 2.47 bits per heavy atom. The minimum absolute atomic E-state index is 0.374. The molecule has 0 aliphatic heterocycles. The first-order chi connectivity index (χ1) is 7.15. The van der Waals surface area contributed by atoms with Crippen molar-refractivity contribution >= 4 is 29.3 Å². The van der Waals surface area contributed by atoms with E-state index >= 15 is 0 Å². The molecule has 1 atom stereocenters. The van der Waals surface area contributed by atoms with Crippen molar-refractivity contribution < 1.29 is 9.90 Å². The molecule has 0 amide bonds. The van der Waals surface area contributed by atoms with Crippen molar-refractivity contribution in [1.82, 2.24) is 4.98 Å². The van der Waals surface area contributed by atoms with E-state index in [-0.39, 0.29) is 5.25 Å². The molecular formula is C10H12ClNO2S. The average Bonchev–Trinajstić information content (AvgIpc) is 2.21. The number of aromatic nitrogens is 1. The first-order valence-corrected chi connectivity index (χ1v) is 6.01. The summed E-state index contributed by atoms with van der Waals surface area (Å²) in [5, 5.41) is 8.93. The maximum absolute atomic E-state index is 10.8. The third kappa shape index (κ3) is 3.72. The number of nitrogens with zero attached hydrogens (tertiary/aromatic N) is 1. The first kappa shape index (κ1) is 12.3. The van der Waals surface area contributed by atoms with Gasteiger partial charge in [0.25, 0.3) is 0 Å². The van der Waals surface area contributed by atoms with Crippen LogP contribution in [0.25, 0.3) is 0 Å². The predicted molar refractivity (Wildman–Crippen MR) is 62.3 cm³/mol. The second-order valence-electron chi connectivity index (χ2n) is 3.00. The normalized spacial score (nSPS) is 12.4. The quantitative estimate of drug-likeness (QED) is 0.811. The molecule has 1 aromatic rings. The van der Waals surface area contributed by atoms with Crippen LogP contribution in [0.15, 0.2) is 18.3 Å². The molecular weight excluding hydrogens is 234 g/mol. The molecule has 1 unspecified atom stereocenters. The van der Waals surface area contributed by atoms with Gasteiger partial charge in [0.05, 0.1) is 0 Å². The lowest BCUT2D eigenvalue weighted by Gasteiger charge is -2.09. The monoisotopic (exact) mass is 245 g/mol. The van der Waals surface area contributed by atoms with Crippen molar-refractivity contribution in [1.29, 1.82) is 0 Å². The zero-order chi connectivity index (χ0) is 11.3. The Morgan fingerprint density at radius 1 is 1.73 bits per heavy atom. The number of hydrogen-bond acceptors (Lipinski definition) is 3. The molecule has 0 aliphatic rings. The largest absolute Gasteiger partial charge is 0.480 e. The third-order valence-electron chi connectivity index (χ3n) is 1.92. The van der Waals surface area contributed by atoms with E-state index < -0.39 is 5.97 Å². The number of thioether (sulfide) groups is 1. The van der Waals surface area contributed by atoms with Gasteiger partial charge in [-0.15, -0.1) is 11.8 Å². The van der Waals surface area contributed by atoms with Gasteiger partial charge < -0.3 is 5.11 Å². The zero-order valence-electron chi connectivity index (χ0n) is 8.31. The van der Waals surface area contributed by atoms with E-state index in [0.717, 1.165) is 5.56 Å². The van der Waals surface area contributed by atoms with Crippen LogP contribution in [0.2, 0.25) is 5.15 Å². The number of carboxylic acids is 1. The van der Waals surface area contributed by atoms with Crippen molar-refractivity contribution in [2.75, 3.05) is 0 Å². The summed E-state index contributed by atoms with van der Waals surface area (Å²) in [5.74, 6) is -0.195. The van der Waals surface area contributed by atoms with Crippen LogP contribution in [-0.2, 0) is 10.5 Å². The SMILES string of the molecule is CCC(SCc1cccnc1Cl)C(=O)O. The maximum atomic E-state index is 10.8. The summed E-state index contributed by atoms with van der Waals surface area (Å²) in [6.07, 6.45) is 2.23. The van der Waals surface area contributed by atoms with E-state index in [2.05, 4.69) is 4.98 Å². The highest BCUT2D eigenvalue weighted by atomic mass is 35.5. The van der Waals surface area contributed by atoms with E-state index in [1.54, 1.807) is 12.3 Å². The second-order valence-corrected chi connectivity index (χ2v) is 4.55. The van der Waals surface area contributed by atoms with Gasteiger partial charge in [-0.25, -0.2) is 4.98 Å². The molecule has 1 heterocycles. The van der Waals surface area contributed by atoms with Crippen LogP contribution in [-0.4, -0.2) is 21.3 Å². The lowest BCUT2D eigenvalue weighted by atomic mass is 10.3. The Bertz CT molecular complexity index is 346. The minimum Gasteiger partial charge on any atom is -0.480 e. The molecule has 82 valence electrons. The molecule has 0 bridgehead atoms. The molecule has 0 aromatic carbocycles. The van der Waals surface area contributed by atoms with Crippen LogP contribution in [0.5, 0.6) is 0 Å². The van der Waals surface area contributed by atoms with E-state index in [4.69, 9.17) is 16.7 Å². The van der Waals surface area contributed by atoms with Gasteiger partial charge in [-0.1, -0.05) is 24.6 Å². The molecule has 0 saturated heterocycles. The smallest absolute Gasteiger partial charge is 0.316 e. The number of aliphatic carboxylic acids is 1. The summed E-state index contributed by atoms with van der Waals surface area (Å²) in [5.41, 5.74) is 0.879. The summed E-state index contributed by atoms with van der Waals surface area (Å²) in [4.78, 5) is 14.7. The highest BCUT2D eigenvalue weighted by Crippen LogP contribution is 2.23. The van der Waals surface area contributed by atoms with Gasteiger partial charge in [-0.3, -0.25) is 4.79 Å². The number of pyridine rings is 1. The van der Waals surface area contributed by atoms with Crippen molar-refractivity contribution in [2.24, 2.45) is 0 Å².